The Balaban J connectivity index is 1.54. The Morgan fingerprint density at radius 3 is 2.52 bits per heavy atom. The summed E-state index contributed by atoms with van der Waals surface area (Å²) < 4.78 is 40.5. The number of alkyl halides is 3. The lowest BCUT2D eigenvalue weighted by molar-refractivity contribution is -0.183. The molecular weight excluding hydrogens is 355 g/mol. The first-order valence-corrected chi connectivity index (χ1v) is 9.28. The number of amides is 1. The summed E-state index contributed by atoms with van der Waals surface area (Å²) in [5.41, 5.74) is 2.84. The lowest BCUT2D eigenvalue weighted by Crippen LogP contribution is -2.57. The van der Waals surface area contributed by atoms with Crippen molar-refractivity contribution in [3.63, 3.8) is 0 Å². The van der Waals surface area contributed by atoms with Gasteiger partial charge in [-0.3, -0.25) is 9.69 Å². The van der Waals surface area contributed by atoms with Gasteiger partial charge in [0.05, 0.1) is 0 Å². The van der Waals surface area contributed by atoms with E-state index in [1.165, 1.54) is 16.0 Å². The van der Waals surface area contributed by atoms with E-state index in [4.69, 9.17) is 0 Å². The summed E-state index contributed by atoms with van der Waals surface area (Å²) in [4.78, 5) is 14.1. The van der Waals surface area contributed by atoms with Gasteiger partial charge in [0.1, 0.15) is 6.04 Å². The maximum atomic E-state index is 13.5. The molecule has 7 heteroatoms. The van der Waals surface area contributed by atoms with Crippen LogP contribution in [-0.2, 0) is 12.8 Å². The Labute approximate surface area is 155 Å². The third-order valence-corrected chi connectivity index (χ3v) is 5.55. The largest absolute Gasteiger partial charge is 0.405 e. The van der Waals surface area contributed by atoms with Crippen LogP contribution in [0.25, 0.3) is 10.8 Å². The van der Waals surface area contributed by atoms with Crippen LogP contribution in [0.4, 0.5) is 13.2 Å². The molecule has 2 aromatic rings. The maximum Gasteiger partial charge on any atom is 0.405 e. The molecule has 144 valence electrons. The van der Waals surface area contributed by atoms with E-state index < -0.39 is 24.7 Å². The molecule has 1 amide bonds. The van der Waals surface area contributed by atoms with Gasteiger partial charge in [-0.15, -0.1) is 0 Å². The molecule has 2 aromatic carbocycles. The van der Waals surface area contributed by atoms with Crippen molar-refractivity contribution in [1.29, 1.82) is 0 Å². The van der Waals surface area contributed by atoms with Crippen LogP contribution in [0.5, 0.6) is 0 Å². The molecule has 27 heavy (non-hydrogen) atoms. The fourth-order valence-corrected chi connectivity index (χ4v) is 4.18. The minimum absolute atomic E-state index is 0.320. The van der Waals surface area contributed by atoms with Crippen LogP contribution in [0, 0.1) is 0 Å². The first kappa shape index (κ1) is 18.3. The van der Waals surface area contributed by atoms with Crippen molar-refractivity contribution in [3.8, 4) is 0 Å². The fourth-order valence-electron chi connectivity index (χ4n) is 4.18. The van der Waals surface area contributed by atoms with Gasteiger partial charge in [-0.25, -0.2) is 0 Å². The minimum atomic E-state index is -4.38. The number of benzene rings is 2. The summed E-state index contributed by atoms with van der Waals surface area (Å²) in [7, 11) is 0. The Hall–Kier alpha value is -2.12. The van der Waals surface area contributed by atoms with Gasteiger partial charge in [-0.2, -0.15) is 13.2 Å². The van der Waals surface area contributed by atoms with Crippen LogP contribution in [0.3, 0.4) is 0 Å². The molecule has 0 aromatic heterocycles. The predicted octanol–water partition coefficient (Wildman–Crippen LogP) is 2.50. The van der Waals surface area contributed by atoms with Crippen LogP contribution < -0.4 is 10.6 Å². The van der Waals surface area contributed by atoms with Crippen molar-refractivity contribution < 1.29 is 18.0 Å². The SMILES string of the molecule is O=C(NCC(N1CCNCC1)C(F)(F)F)c1ccc2c3c(cccc13)CC2. The Morgan fingerprint density at radius 1 is 1.11 bits per heavy atom. The molecule has 2 N–H and O–H groups in total. The average molecular weight is 377 g/mol. The third kappa shape index (κ3) is 3.53. The fraction of sp³-hybridized carbons (Fsp3) is 0.450. The van der Waals surface area contributed by atoms with E-state index in [1.54, 1.807) is 6.07 Å². The zero-order valence-electron chi connectivity index (χ0n) is 14.9. The van der Waals surface area contributed by atoms with Crippen molar-refractivity contribution in [2.24, 2.45) is 0 Å². The second kappa shape index (κ2) is 7.13. The molecule has 1 aliphatic heterocycles. The molecule has 1 fully saturated rings. The molecule has 1 unspecified atom stereocenters. The van der Waals surface area contributed by atoms with E-state index in [0.717, 1.165) is 23.6 Å². The molecule has 4 rings (SSSR count). The third-order valence-electron chi connectivity index (χ3n) is 5.55. The average Bonchev–Trinajstić information content (AvgIpc) is 3.07. The molecule has 1 heterocycles. The summed E-state index contributed by atoms with van der Waals surface area (Å²) in [5, 5.41) is 7.49. The number of carbonyl (C=O) groups is 1. The normalized spacial score (nSPS) is 18.6. The highest BCUT2D eigenvalue weighted by Gasteiger charge is 2.43. The standard InChI is InChI=1S/C20H22F3N3O/c21-20(22,23)17(26-10-8-24-9-11-26)12-25-19(27)16-7-6-14-5-4-13-2-1-3-15(16)18(13)14/h1-3,6-7,17,24H,4-5,8-12H2,(H,25,27). The molecule has 2 aliphatic rings. The van der Waals surface area contributed by atoms with E-state index in [0.29, 0.717) is 31.7 Å². The number of carbonyl (C=O) groups excluding carboxylic acids is 1. The highest BCUT2D eigenvalue weighted by molar-refractivity contribution is 6.09. The van der Waals surface area contributed by atoms with Gasteiger partial charge in [0.15, 0.2) is 0 Å². The highest BCUT2D eigenvalue weighted by Crippen LogP contribution is 2.33. The number of piperazine rings is 1. The second-order valence-electron chi connectivity index (χ2n) is 7.17. The lowest BCUT2D eigenvalue weighted by atomic mass is 9.99. The summed E-state index contributed by atoms with van der Waals surface area (Å²) in [6, 6.07) is 7.81. The van der Waals surface area contributed by atoms with Gasteiger partial charge in [0.2, 0.25) is 0 Å². The molecule has 0 bridgehead atoms. The van der Waals surface area contributed by atoms with E-state index in [-0.39, 0.29) is 0 Å². The summed E-state index contributed by atoms with van der Waals surface area (Å²) in [6.45, 7) is 1.25. The van der Waals surface area contributed by atoms with E-state index >= 15 is 0 Å². The van der Waals surface area contributed by atoms with Gasteiger partial charge < -0.3 is 10.6 Å². The molecule has 0 spiro atoms. The molecule has 1 saturated heterocycles. The molecule has 1 atom stereocenters. The summed E-state index contributed by atoms with van der Waals surface area (Å²) >= 11 is 0. The van der Waals surface area contributed by atoms with Crippen LogP contribution in [0.15, 0.2) is 30.3 Å². The van der Waals surface area contributed by atoms with Crippen LogP contribution >= 0.6 is 0 Å². The van der Waals surface area contributed by atoms with Crippen molar-refractivity contribution in [2.45, 2.75) is 25.1 Å². The molecular formula is C20H22F3N3O. The highest BCUT2D eigenvalue weighted by atomic mass is 19.4. The minimum Gasteiger partial charge on any atom is -0.350 e. The molecule has 1 aliphatic carbocycles. The van der Waals surface area contributed by atoms with Crippen molar-refractivity contribution in [1.82, 2.24) is 15.5 Å². The van der Waals surface area contributed by atoms with Crippen LogP contribution in [0.1, 0.15) is 21.5 Å². The van der Waals surface area contributed by atoms with E-state index in [1.807, 2.05) is 24.3 Å². The second-order valence-corrected chi connectivity index (χ2v) is 7.17. The van der Waals surface area contributed by atoms with Crippen molar-refractivity contribution in [3.05, 3.63) is 47.0 Å². The number of nitrogens with one attached hydrogen (secondary N) is 2. The van der Waals surface area contributed by atoms with Crippen molar-refractivity contribution >= 4 is 16.7 Å². The predicted molar refractivity (Wildman–Crippen MR) is 98.0 cm³/mol. The summed E-state index contributed by atoms with van der Waals surface area (Å²) in [5.74, 6) is -0.449. The van der Waals surface area contributed by atoms with Crippen LogP contribution in [0.2, 0.25) is 0 Å². The van der Waals surface area contributed by atoms with Gasteiger partial charge in [-0.05, 0) is 40.8 Å². The number of rotatable bonds is 4. The number of nitrogens with zero attached hydrogens (tertiary/aromatic N) is 1. The number of hydrogen-bond acceptors (Lipinski definition) is 3. The molecule has 4 nitrogen and oxygen atoms in total. The zero-order valence-corrected chi connectivity index (χ0v) is 14.9. The first-order chi connectivity index (χ1) is 12.9. The number of aryl methyl sites for hydroxylation is 2. The van der Waals surface area contributed by atoms with Gasteiger partial charge in [0.25, 0.3) is 5.91 Å². The topological polar surface area (TPSA) is 44.4 Å². The van der Waals surface area contributed by atoms with Crippen LogP contribution in [-0.4, -0.2) is 55.7 Å². The molecule has 0 saturated carbocycles. The van der Waals surface area contributed by atoms with Gasteiger partial charge in [-0.1, -0.05) is 24.3 Å². The van der Waals surface area contributed by atoms with E-state index in [2.05, 4.69) is 10.6 Å². The number of hydrogen-bond donors (Lipinski definition) is 2. The number of halogens is 3. The Morgan fingerprint density at radius 2 is 1.81 bits per heavy atom. The quantitative estimate of drug-likeness (QED) is 0.861. The first-order valence-electron chi connectivity index (χ1n) is 9.28. The molecule has 0 radical (unpaired) electrons. The smallest absolute Gasteiger partial charge is 0.350 e. The maximum absolute atomic E-state index is 13.5. The Kier molecular flexibility index (Phi) is 4.82. The zero-order chi connectivity index (χ0) is 19.0. The Bertz CT molecular complexity index is 849. The van der Waals surface area contributed by atoms with Gasteiger partial charge >= 0.3 is 6.18 Å². The monoisotopic (exact) mass is 377 g/mol. The van der Waals surface area contributed by atoms with E-state index in [9.17, 15) is 18.0 Å². The van der Waals surface area contributed by atoms with Gasteiger partial charge in [0, 0.05) is 38.3 Å². The lowest BCUT2D eigenvalue weighted by Gasteiger charge is -2.35. The van der Waals surface area contributed by atoms with Crippen molar-refractivity contribution in [2.75, 3.05) is 32.7 Å². The summed E-state index contributed by atoms with van der Waals surface area (Å²) in [6.07, 6.45) is -2.50.